The van der Waals surface area contributed by atoms with Gasteiger partial charge in [0.25, 0.3) is 0 Å². The number of aryl methyl sites for hydroxylation is 1. The summed E-state index contributed by atoms with van der Waals surface area (Å²) >= 11 is 7.48. The Kier molecular flexibility index (Phi) is 6.04. The van der Waals surface area contributed by atoms with E-state index in [1.165, 1.54) is 11.8 Å². The highest BCUT2D eigenvalue weighted by Crippen LogP contribution is 2.29. The highest BCUT2D eigenvalue weighted by Gasteiger charge is 2.20. The molecule has 0 aliphatic heterocycles. The first-order valence-corrected chi connectivity index (χ1v) is 9.91. The predicted molar refractivity (Wildman–Crippen MR) is 110 cm³/mol. The number of hydrogen-bond donors (Lipinski definition) is 1. The van der Waals surface area contributed by atoms with Crippen molar-refractivity contribution in [3.63, 3.8) is 0 Å². The lowest BCUT2D eigenvalue weighted by molar-refractivity contribution is -0.115. The number of benzene rings is 2. The van der Waals surface area contributed by atoms with E-state index in [1.54, 1.807) is 24.3 Å². The third kappa shape index (κ3) is 4.26. The Morgan fingerprint density at radius 3 is 2.89 bits per heavy atom. The number of para-hydroxylation sites is 1. The number of aromatic nitrogens is 2. The van der Waals surface area contributed by atoms with Crippen molar-refractivity contribution in [3.05, 3.63) is 53.1 Å². The number of halogens is 1. The summed E-state index contributed by atoms with van der Waals surface area (Å²) in [5, 5.41) is 13.1. The van der Waals surface area contributed by atoms with Crippen molar-refractivity contribution in [2.45, 2.75) is 37.2 Å². The van der Waals surface area contributed by atoms with E-state index in [0.717, 1.165) is 29.2 Å². The van der Waals surface area contributed by atoms with Gasteiger partial charge in [0.2, 0.25) is 5.91 Å². The number of carbonyl (C=O) groups excluding carboxylic acids is 1. The smallest absolute Gasteiger partial charge is 0.237 e. The molecule has 5 nitrogen and oxygen atoms in total. The molecule has 0 aliphatic rings. The van der Waals surface area contributed by atoms with Crippen LogP contribution in [0.5, 0.6) is 0 Å². The number of rotatable bonds is 6. The molecule has 3 rings (SSSR count). The van der Waals surface area contributed by atoms with Crippen LogP contribution in [0.2, 0.25) is 5.02 Å². The van der Waals surface area contributed by atoms with Gasteiger partial charge in [0.05, 0.1) is 27.5 Å². The fraction of sp³-hybridized carbons (Fsp3) is 0.250. The zero-order valence-electron chi connectivity index (χ0n) is 15.1. The average Bonchev–Trinajstić information content (AvgIpc) is 2.98. The van der Waals surface area contributed by atoms with E-state index in [1.807, 2.05) is 25.1 Å². The van der Waals surface area contributed by atoms with E-state index in [9.17, 15) is 10.1 Å². The maximum Gasteiger partial charge on any atom is 0.237 e. The minimum Gasteiger partial charge on any atom is -0.324 e. The predicted octanol–water partition coefficient (Wildman–Crippen LogP) is 5.09. The fourth-order valence-corrected chi connectivity index (χ4v) is 3.86. The molecule has 2 aromatic carbocycles. The van der Waals surface area contributed by atoms with Crippen LogP contribution < -0.4 is 5.32 Å². The number of amides is 1. The van der Waals surface area contributed by atoms with Crippen LogP contribution in [0.1, 0.15) is 25.8 Å². The Bertz CT molecular complexity index is 1020. The van der Waals surface area contributed by atoms with Gasteiger partial charge in [-0.15, -0.1) is 0 Å². The number of thioether (sulfide) groups is 1. The van der Waals surface area contributed by atoms with Gasteiger partial charge in [0.1, 0.15) is 6.07 Å². The molecule has 1 amide bonds. The maximum atomic E-state index is 12.6. The fourth-order valence-electron chi connectivity index (χ4n) is 2.75. The van der Waals surface area contributed by atoms with E-state index in [4.69, 9.17) is 11.6 Å². The van der Waals surface area contributed by atoms with Crippen molar-refractivity contribution in [3.8, 4) is 6.07 Å². The van der Waals surface area contributed by atoms with E-state index in [0.29, 0.717) is 16.3 Å². The molecule has 1 aromatic heterocycles. The average molecular weight is 399 g/mol. The number of nitriles is 1. The number of fused-ring (bicyclic) bond motifs is 1. The summed E-state index contributed by atoms with van der Waals surface area (Å²) in [6, 6.07) is 14.7. The number of hydrogen-bond acceptors (Lipinski definition) is 4. The molecule has 1 atom stereocenters. The Hall–Kier alpha value is -2.49. The van der Waals surface area contributed by atoms with E-state index in [-0.39, 0.29) is 11.2 Å². The topological polar surface area (TPSA) is 70.7 Å². The lowest BCUT2D eigenvalue weighted by atomic mass is 10.2. The van der Waals surface area contributed by atoms with E-state index >= 15 is 0 Å². The third-order valence-electron chi connectivity index (χ3n) is 4.08. The molecule has 1 heterocycles. The minimum atomic E-state index is -0.375. The Morgan fingerprint density at radius 1 is 1.37 bits per heavy atom. The summed E-state index contributed by atoms with van der Waals surface area (Å²) < 4.78 is 2.11. The van der Waals surface area contributed by atoms with Crippen molar-refractivity contribution in [1.82, 2.24) is 9.55 Å². The second-order valence-corrected chi connectivity index (χ2v) is 7.83. The number of imidazole rings is 1. The van der Waals surface area contributed by atoms with Gasteiger partial charge in [0.15, 0.2) is 5.16 Å². The number of carbonyl (C=O) groups is 1. The molecule has 138 valence electrons. The highest BCUT2D eigenvalue weighted by molar-refractivity contribution is 8.00. The molecule has 0 saturated heterocycles. The third-order valence-corrected chi connectivity index (χ3v) is 5.40. The van der Waals surface area contributed by atoms with Crippen LogP contribution in [0.3, 0.4) is 0 Å². The molecule has 7 heteroatoms. The van der Waals surface area contributed by atoms with Crippen LogP contribution >= 0.6 is 23.4 Å². The summed E-state index contributed by atoms with van der Waals surface area (Å²) in [6.07, 6.45) is 0.956. The second-order valence-electron chi connectivity index (χ2n) is 6.09. The van der Waals surface area contributed by atoms with Gasteiger partial charge in [-0.2, -0.15) is 5.26 Å². The number of nitrogens with zero attached hydrogens (tertiary/aromatic N) is 3. The molecule has 0 unspecified atom stereocenters. The minimum absolute atomic E-state index is 0.171. The van der Waals surface area contributed by atoms with Gasteiger partial charge in [-0.05, 0) is 43.7 Å². The van der Waals surface area contributed by atoms with Crippen LogP contribution in [0.4, 0.5) is 5.69 Å². The van der Waals surface area contributed by atoms with Crippen molar-refractivity contribution in [2.75, 3.05) is 5.32 Å². The molecular weight excluding hydrogens is 380 g/mol. The van der Waals surface area contributed by atoms with E-state index < -0.39 is 0 Å². The lowest BCUT2D eigenvalue weighted by Crippen LogP contribution is -2.23. The summed E-state index contributed by atoms with van der Waals surface area (Å²) in [4.78, 5) is 17.3. The molecule has 1 N–H and O–H groups in total. The van der Waals surface area contributed by atoms with Crippen LogP contribution in [-0.2, 0) is 11.3 Å². The molecule has 0 saturated carbocycles. The van der Waals surface area contributed by atoms with Crippen LogP contribution in [0, 0.1) is 11.3 Å². The standard InChI is InChI=1S/C20H19ClN4OS/c1-3-10-25-18-9-8-15(21)11-17(18)24-20(25)27-13(2)19(26)23-16-7-5-4-6-14(16)12-22/h4-9,11,13H,3,10H2,1-2H3,(H,23,26)/t13-/m0/s1. The molecule has 0 fully saturated rings. The molecule has 0 aliphatic carbocycles. The van der Waals surface area contributed by atoms with Crippen molar-refractivity contribution in [2.24, 2.45) is 0 Å². The summed E-state index contributed by atoms with van der Waals surface area (Å²) in [6.45, 7) is 4.74. The van der Waals surface area contributed by atoms with Crippen LogP contribution in [0.15, 0.2) is 47.6 Å². The van der Waals surface area contributed by atoms with Crippen molar-refractivity contribution in [1.29, 1.82) is 5.26 Å². The summed E-state index contributed by atoms with van der Waals surface area (Å²) in [7, 11) is 0. The molecule has 27 heavy (non-hydrogen) atoms. The van der Waals surface area contributed by atoms with Gasteiger partial charge in [-0.3, -0.25) is 4.79 Å². The van der Waals surface area contributed by atoms with Gasteiger partial charge in [-0.1, -0.05) is 42.4 Å². The molecular formula is C20H19ClN4OS. The first kappa shape index (κ1) is 19.3. The quantitative estimate of drug-likeness (QED) is 0.587. The van der Waals surface area contributed by atoms with Crippen LogP contribution in [0.25, 0.3) is 11.0 Å². The molecule has 0 spiro atoms. The lowest BCUT2D eigenvalue weighted by Gasteiger charge is -2.13. The number of nitrogens with one attached hydrogen (secondary N) is 1. The zero-order valence-corrected chi connectivity index (χ0v) is 16.6. The van der Waals surface area contributed by atoms with Crippen LogP contribution in [-0.4, -0.2) is 20.7 Å². The highest BCUT2D eigenvalue weighted by atomic mass is 35.5. The molecule has 3 aromatic rings. The Morgan fingerprint density at radius 2 is 2.15 bits per heavy atom. The SMILES string of the molecule is CCCn1c(S[C@@H](C)C(=O)Nc2ccccc2C#N)nc2cc(Cl)ccc21. The molecule has 0 radical (unpaired) electrons. The number of anilines is 1. The van der Waals surface area contributed by atoms with Crippen molar-refractivity contribution < 1.29 is 4.79 Å². The summed E-state index contributed by atoms with van der Waals surface area (Å²) in [5.41, 5.74) is 2.79. The summed E-state index contributed by atoms with van der Waals surface area (Å²) in [5.74, 6) is -0.171. The molecule has 0 bridgehead atoms. The van der Waals surface area contributed by atoms with Crippen molar-refractivity contribution >= 4 is 46.0 Å². The monoisotopic (exact) mass is 398 g/mol. The zero-order chi connectivity index (χ0) is 19.4. The Labute approximate surface area is 167 Å². The van der Waals surface area contributed by atoms with Gasteiger partial charge >= 0.3 is 0 Å². The van der Waals surface area contributed by atoms with Gasteiger partial charge in [0, 0.05) is 11.6 Å². The first-order valence-electron chi connectivity index (χ1n) is 8.66. The second kappa shape index (κ2) is 8.47. The van der Waals surface area contributed by atoms with Gasteiger partial charge < -0.3 is 9.88 Å². The Balaban J connectivity index is 1.82. The van der Waals surface area contributed by atoms with E-state index in [2.05, 4.69) is 27.9 Å². The van der Waals surface area contributed by atoms with Gasteiger partial charge in [-0.25, -0.2) is 4.98 Å². The maximum absolute atomic E-state index is 12.6. The largest absolute Gasteiger partial charge is 0.324 e. The first-order chi connectivity index (χ1) is 13.0. The normalized spacial score (nSPS) is 11.9.